The molecule has 2 aromatic rings. The fourth-order valence-corrected chi connectivity index (χ4v) is 3.75. The summed E-state index contributed by atoms with van der Waals surface area (Å²) in [5.41, 5.74) is 1.23. The maximum atomic E-state index is 13.3. The number of hydrogen-bond donors (Lipinski definition) is 1. The Morgan fingerprint density at radius 1 is 1.00 bits per heavy atom. The van der Waals surface area contributed by atoms with Crippen LogP contribution in [0.3, 0.4) is 0 Å². The van der Waals surface area contributed by atoms with E-state index in [1.54, 1.807) is 36.4 Å². The van der Waals surface area contributed by atoms with Crippen LogP contribution in [0.25, 0.3) is 0 Å². The fraction of sp³-hybridized carbons (Fsp3) is 0.348. The minimum Gasteiger partial charge on any atom is -0.457 e. The lowest BCUT2D eigenvalue weighted by atomic mass is 9.79. The molecule has 1 amide bonds. The minimum absolute atomic E-state index is 0.126. The Bertz CT molecular complexity index is 884. The quantitative estimate of drug-likeness (QED) is 0.571. The number of carbonyl (C=O) groups is 3. The van der Waals surface area contributed by atoms with Crippen LogP contribution in [0.4, 0.5) is 4.39 Å². The van der Waals surface area contributed by atoms with Crippen molar-refractivity contribution in [3.63, 3.8) is 0 Å². The van der Waals surface area contributed by atoms with Crippen LogP contribution in [0, 0.1) is 5.82 Å². The van der Waals surface area contributed by atoms with Crippen molar-refractivity contribution in [3.8, 4) is 0 Å². The summed E-state index contributed by atoms with van der Waals surface area (Å²) in [5, 5.41) is 2.69. The van der Waals surface area contributed by atoms with Gasteiger partial charge in [-0.15, -0.1) is 0 Å². The molecule has 152 valence electrons. The largest absolute Gasteiger partial charge is 0.457 e. The van der Waals surface area contributed by atoms with Gasteiger partial charge >= 0.3 is 5.97 Å². The van der Waals surface area contributed by atoms with Gasteiger partial charge in [-0.1, -0.05) is 49.2 Å². The molecule has 1 aliphatic rings. The number of nitrogens with one attached hydrogen (secondary N) is 1. The van der Waals surface area contributed by atoms with E-state index in [0.29, 0.717) is 24.9 Å². The third-order valence-corrected chi connectivity index (χ3v) is 5.40. The highest BCUT2D eigenvalue weighted by molar-refractivity contribution is 5.98. The minimum atomic E-state index is -0.809. The van der Waals surface area contributed by atoms with Crippen LogP contribution < -0.4 is 5.32 Å². The molecule has 0 heterocycles. The highest BCUT2D eigenvalue weighted by atomic mass is 19.1. The molecule has 0 atom stereocenters. The summed E-state index contributed by atoms with van der Waals surface area (Å²) in [7, 11) is 0. The fourth-order valence-electron chi connectivity index (χ4n) is 3.75. The molecule has 6 heteroatoms. The molecule has 0 unspecified atom stereocenters. The van der Waals surface area contributed by atoms with Crippen molar-refractivity contribution >= 4 is 17.7 Å². The van der Waals surface area contributed by atoms with Gasteiger partial charge in [-0.25, -0.2) is 4.39 Å². The van der Waals surface area contributed by atoms with Gasteiger partial charge in [0.15, 0.2) is 12.4 Å². The number of ether oxygens (including phenoxy) is 1. The van der Waals surface area contributed by atoms with E-state index in [2.05, 4.69) is 5.32 Å². The Hall–Kier alpha value is -3.02. The topological polar surface area (TPSA) is 72.5 Å². The van der Waals surface area contributed by atoms with Gasteiger partial charge in [-0.3, -0.25) is 14.4 Å². The Balaban J connectivity index is 1.63. The predicted octanol–water partition coefficient (Wildman–Crippen LogP) is 3.70. The molecule has 29 heavy (non-hydrogen) atoms. The van der Waals surface area contributed by atoms with Gasteiger partial charge in [0.25, 0.3) is 0 Å². The van der Waals surface area contributed by atoms with Gasteiger partial charge in [0.1, 0.15) is 5.82 Å². The van der Waals surface area contributed by atoms with Gasteiger partial charge in [0, 0.05) is 19.0 Å². The number of benzene rings is 2. The van der Waals surface area contributed by atoms with E-state index >= 15 is 0 Å². The number of carbonyl (C=O) groups excluding carboxylic acids is 3. The summed E-state index contributed by atoms with van der Waals surface area (Å²) in [6.07, 6.45) is 3.03. The molecule has 1 saturated carbocycles. The van der Waals surface area contributed by atoms with Crippen molar-refractivity contribution in [2.24, 2.45) is 0 Å². The van der Waals surface area contributed by atoms with Gasteiger partial charge in [0.05, 0.1) is 5.41 Å². The second kappa shape index (κ2) is 8.99. The SMILES string of the molecule is CC(=O)NCc1ccc(C(=O)COC(=O)C2(c3ccc(F)cc3)CCCC2)cc1. The van der Waals surface area contributed by atoms with Crippen molar-refractivity contribution in [2.45, 2.75) is 44.6 Å². The molecule has 0 radical (unpaired) electrons. The van der Waals surface area contributed by atoms with Crippen molar-refractivity contribution in [2.75, 3.05) is 6.61 Å². The number of rotatable bonds is 7. The first kappa shape index (κ1) is 20.7. The van der Waals surface area contributed by atoms with E-state index in [9.17, 15) is 18.8 Å². The van der Waals surface area contributed by atoms with Gasteiger partial charge in [-0.05, 0) is 36.1 Å². The molecule has 0 spiro atoms. The Morgan fingerprint density at radius 3 is 2.21 bits per heavy atom. The third kappa shape index (κ3) is 4.88. The lowest BCUT2D eigenvalue weighted by Crippen LogP contribution is -2.35. The number of hydrogen-bond acceptors (Lipinski definition) is 4. The molecule has 3 rings (SSSR count). The molecule has 2 aromatic carbocycles. The second-order valence-corrected chi connectivity index (χ2v) is 7.40. The molecule has 0 bridgehead atoms. The van der Waals surface area contributed by atoms with E-state index in [4.69, 9.17) is 4.74 Å². The monoisotopic (exact) mass is 397 g/mol. The van der Waals surface area contributed by atoms with Crippen LogP contribution in [-0.4, -0.2) is 24.3 Å². The number of esters is 1. The maximum Gasteiger partial charge on any atom is 0.317 e. The molecular weight excluding hydrogens is 373 g/mol. The lowest BCUT2D eigenvalue weighted by Gasteiger charge is -2.27. The average Bonchev–Trinajstić information content (AvgIpc) is 3.22. The predicted molar refractivity (Wildman–Crippen MR) is 106 cm³/mol. The van der Waals surface area contributed by atoms with Crippen LogP contribution in [0.2, 0.25) is 0 Å². The smallest absolute Gasteiger partial charge is 0.317 e. The van der Waals surface area contributed by atoms with Gasteiger partial charge in [-0.2, -0.15) is 0 Å². The van der Waals surface area contributed by atoms with E-state index in [-0.39, 0.29) is 24.1 Å². The van der Waals surface area contributed by atoms with E-state index < -0.39 is 11.4 Å². The van der Waals surface area contributed by atoms with Gasteiger partial charge in [0.2, 0.25) is 5.91 Å². The highest BCUT2D eigenvalue weighted by Crippen LogP contribution is 2.42. The number of amides is 1. The summed E-state index contributed by atoms with van der Waals surface area (Å²) in [6, 6.07) is 12.7. The van der Waals surface area contributed by atoms with E-state index in [1.807, 2.05) is 0 Å². The maximum absolute atomic E-state index is 13.3. The molecule has 0 aliphatic heterocycles. The van der Waals surface area contributed by atoms with Crippen LogP contribution >= 0.6 is 0 Å². The molecule has 5 nitrogen and oxygen atoms in total. The first-order valence-corrected chi connectivity index (χ1v) is 9.70. The Labute approximate surface area is 169 Å². The molecular formula is C23H24FNO4. The van der Waals surface area contributed by atoms with E-state index in [0.717, 1.165) is 24.0 Å². The van der Waals surface area contributed by atoms with Crippen molar-refractivity contribution < 1.29 is 23.5 Å². The van der Waals surface area contributed by atoms with Crippen molar-refractivity contribution in [1.29, 1.82) is 0 Å². The summed E-state index contributed by atoms with van der Waals surface area (Å²) in [5.74, 6) is -1.21. The summed E-state index contributed by atoms with van der Waals surface area (Å²) in [4.78, 5) is 36.3. The normalized spacial score (nSPS) is 15.0. The highest BCUT2D eigenvalue weighted by Gasteiger charge is 2.44. The Kier molecular flexibility index (Phi) is 6.42. The van der Waals surface area contributed by atoms with Crippen molar-refractivity contribution in [3.05, 3.63) is 71.0 Å². The number of Topliss-reactive ketones (excluding diaryl/α,β-unsaturated/α-hetero) is 1. The first-order valence-electron chi connectivity index (χ1n) is 9.70. The van der Waals surface area contributed by atoms with Crippen LogP contribution in [0.15, 0.2) is 48.5 Å². The zero-order chi connectivity index (χ0) is 20.9. The summed E-state index contributed by atoms with van der Waals surface area (Å²) < 4.78 is 18.7. The second-order valence-electron chi connectivity index (χ2n) is 7.40. The molecule has 1 aliphatic carbocycles. The lowest BCUT2D eigenvalue weighted by molar-refractivity contribution is -0.149. The zero-order valence-electron chi connectivity index (χ0n) is 16.4. The molecule has 1 fully saturated rings. The molecule has 0 aromatic heterocycles. The molecule has 1 N–H and O–H groups in total. The van der Waals surface area contributed by atoms with Crippen LogP contribution in [0.5, 0.6) is 0 Å². The average molecular weight is 397 g/mol. The third-order valence-electron chi connectivity index (χ3n) is 5.40. The zero-order valence-corrected chi connectivity index (χ0v) is 16.4. The number of halogens is 1. The summed E-state index contributed by atoms with van der Waals surface area (Å²) >= 11 is 0. The first-order chi connectivity index (χ1) is 13.9. The molecule has 0 saturated heterocycles. The van der Waals surface area contributed by atoms with Crippen LogP contribution in [0.1, 0.15) is 54.1 Å². The number of ketones is 1. The standard InChI is InChI=1S/C23H24FNO4/c1-16(26)25-14-17-4-6-18(7-5-17)21(27)15-29-22(28)23(12-2-3-13-23)19-8-10-20(24)11-9-19/h4-11H,2-3,12-15H2,1H3,(H,25,26). The van der Waals surface area contributed by atoms with Crippen molar-refractivity contribution in [1.82, 2.24) is 5.32 Å². The van der Waals surface area contributed by atoms with E-state index in [1.165, 1.54) is 19.1 Å². The van der Waals surface area contributed by atoms with Crippen LogP contribution in [-0.2, 0) is 26.3 Å². The van der Waals surface area contributed by atoms with Gasteiger partial charge < -0.3 is 10.1 Å². The summed E-state index contributed by atoms with van der Waals surface area (Å²) in [6.45, 7) is 1.49. The Morgan fingerprint density at radius 2 is 1.62 bits per heavy atom.